The number of hydrogen-bond acceptors (Lipinski definition) is 3. The highest BCUT2D eigenvalue weighted by Gasteiger charge is 2.20. The molecule has 0 spiro atoms. The van der Waals surface area contributed by atoms with Gasteiger partial charge in [0.2, 0.25) is 0 Å². The van der Waals surface area contributed by atoms with Gasteiger partial charge >= 0.3 is 0 Å². The van der Waals surface area contributed by atoms with Crippen LogP contribution < -0.4 is 5.43 Å². The highest BCUT2D eigenvalue weighted by atomic mass is 16.3. The van der Waals surface area contributed by atoms with Gasteiger partial charge in [-0.1, -0.05) is 0 Å². The van der Waals surface area contributed by atoms with Gasteiger partial charge in [0.05, 0.1) is 5.71 Å². The number of hydrazone groups is 1. The van der Waals surface area contributed by atoms with Crippen molar-refractivity contribution in [1.29, 1.82) is 0 Å². The smallest absolute Gasteiger partial charge is 0.149 e. The maximum absolute atomic E-state index is 5.43. The molecule has 1 N–H and O–H groups in total. The van der Waals surface area contributed by atoms with Crippen molar-refractivity contribution in [3.63, 3.8) is 0 Å². The molecule has 13 heavy (non-hydrogen) atoms. The second-order valence-corrected chi connectivity index (χ2v) is 3.51. The molecule has 0 aliphatic heterocycles. The van der Waals surface area contributed by atoms with Crippen molar-refractivity contribution in [2.45, 2.75) is 32.7 Å². The Morgan fingerprint density at radius 3 is 2.85 bits per heavy atom. The van der Waals surface area contributed by atoms with Gasteiger partial charge in [-0.15, -0.1) is 0 Å². The maximum Gasteiger partial charge on any atom is 0.149 e. The second kappa shape index (κ2) is 3.24. The molecular weight excluding hydrogens is 164 g/mol. The Balaban J connectivity index is 2.02. The summed E-state index contributed by atoms with van der Waals surface area (Å²) in [6.07, 6.45) is 2.49. The summed E-state index contributed by atoms with van der Waals surface area (Å²) in [7, 11) is 0. The molecule has 2 rings (SSSR count). The lowest BCUT2D eigenvalue weighted by molar-refractivity contribution is 0.524. The summed E-state index contributed by atoms with van der Waals surface area (Å²) in [6.45, 7) is 3.89. The van der Waals surface area contributed by atoms with Gasteiger partial charge < -0.3 is 9.84 Å². The average molecular weight is 178 g/mol. The highest BCUT2D eigenvalue weighted by molar-refractivity contribution is 5.96. The third-order valence-corrected chi connectivity index (χ3v) is 2.09. The van der Waals surface area contributed by atoms with E-state index in [2.05, 4.69) is 10.5 Å². The summed E-state index contributed by atoms with van der Waals surface area (Å²) in [4.78, 5) is 0. The van der Waals surface area contributed by atoms with Crippen molar-refractivity contribution in [2.75, 3.05) is 0 Å². The van der Waals surface area contributed by atoms with E-state index in [1.165, 1.54) is 12.8 Å². The van der Waals surface area contributed by atoms with Gasteiger partial charge in [-0.3, -0.25) is 0 Å². The standard InChI is InChI=1S/C10H14N2O/c1-7-3-6-10(13-7)8(2)11-12-9-4-5-9/h3,6,9,12H,4-5H2,1-2H3/b11-8-. The Kier molecular flexibility index (Phi) is 2.08. The molecule has 1 aromatic rings. The van der Waals surface area contributed by atoms with Crippen molar-refractivity contribution < 1.29 is 4.42 Å². The number of hydrogen-bond donors (Lipinski definition) is 1. The minimum Gasteiger partial charge on any atom is -0.460 e. The Labute approximate surface area is 77.8 Å². The summed E-state index contributed by atoms with van der Waals surface area (Å²) >= 11 is 0. The van der Waals surface area contributed by atoms with E-state index in [0.29, 0.717) is 6.04 Å². The molecular formula is C10H14N2O. The molecule has 0 aromatic carbocycles. The van der Waals surface area contributed by atoms with Crippen LogP contribution in [0.15, 0.2) is 21.7 Å². The molecule has 0 atom stereocenters. The normalized spacial score (nSPS) is 17.5. The molecule has 1 aliphatic rings. The summed E-state index contributed by atoms with van der Waals surface area (Å²) in [5, 5.41) is 4.24. The lowest BCUT2D eigenvalue weighted by Crippen LogP contribution is -2.10. The van der Waals surface area contributed by atoms with E-state index in [9.17, 15) is 0 Å². The van der Waals surface area contributed by atoms with Crippen LogP contribution in [0.25, 0.3) is 0 Å². The Bertz CT molecular complexity index is 323. The van der Waals surface area contributed by atoms with Crippen LogP contribution in [0.3, 0.4) is 0 Å². The fourth-order valence-corrected chi connectivity index (χ4v) is 1.08. The molecule has 0 amide bonds. The van der Waals surface area contributed by atoms with Crippen molar-refractivity contribution in [3.05, 3.63) is 23.7 Å². The van der Waals surface area contributed by atoms with Crippen LogP contribution >= 0.6 is 0 Å². The van der Waals surface area contributed by atoms with Gasteiger partial charge in [-0.2, -0.15) is 5.10 Å². The molecule has 1 heterocycles. The SMILES string of the molecule is C/C(=N/NC1CC1)c1ccc(C)o1. The van der Waals surface area contributed by atoms with Gasteiger partial charge in [-0.25, -0.2) is 0 Å². The van der Waals surface area contributed by atoms with E-state index in [1.807, 2.05) is 26.0 Å². The van der Waals surface area contributed by atoms with E-state index in [0.717, 1.165) is 17.2 Å². The number of aryl methyl sites for hydroxylation is 1. The van der Waals surface area contributed by atoms with Crippen molar-refractivity contribution in [3.8, 4) is 0 Å². The molecule has 3 nitrogen and oxygen atoms in total. The van der Waals surface area contributed by atoms with Crippen LogP contribution in [-0.4, -0.2) is 11.8 Å². The molecule has 70 valence electrons. The van der Waals surface area contributed by atoms with Crippen LogP contribution in [0, 0.1) is 6.92 Å². The molecule has 0 radical (unpaired) electrons. The molecule has 0 saturated heterocycles. The van der Waals surface area contributed by atoms with E-state index in [-0.39, 0.29) is 0 Å². The third kappa shape index (κ3) is 2.11. The molecule has 1 fully saturated rings. The summed E-state index contributed by atoms with van der Waals surface area (Å²) < 4.78 is 5.43. The van der Waals surface area contributed by atoms with Crippen molar-refractivity contribution in [2.24, 2.45) is 5.10 Å². The predicted molar refractivity (Wildman–Crippen MR) is 51.8 cm³/mol. The van der Waals surface area contributed by atoms with E-state index in [4.69, 9.17) is 4.42 Å². The fraction of sp³-hybridized carbons (Fsp3) is 0.500. The van der Waals surface area contributed by atoms with Crippen LogP contribution in [0.1, 0.15) is 31.3 Å². The van der Waals surface area contributed by atoms with E-state index in [1.54, 1.807) is 0 Å². The Hall–Kier alpha value is -1.25. The average Bonchev–Trinajstić information content (AvgIpc) is 2.84. The molecule has 1 saturated carbocycles. The first-order chi connectivity index (χ1) is 6.25. The zero-order valence-corrected chi connectivity index (χ0v) is 8.00. The first-order valence-corrected chi connectivity index (χ1v) is 4.62. The largest absolute Gasteiger partial charge is 0.460 e. The number of rotatable bonds is 3. The van der Waals surface area contributed by atoms with Crippen LogP contribution in [-0.2, 0) is 0 Å². The molecule has 1 aromatic heterocycles. The number of nitrogens with zero attached hydrogens (tertiary/aromatic N) is 1. The zero-order valence-electron chi connectivity index (χ0n) is 8.00. The van der Waals surface area contributed by atoms with E-state index >= 15 is 0 Å². The molecule has 0 unspecified atom stereocenters. The lowest BCUT2D eigenvalue weighted by Gasteiger charge is -1.97. The van der Waals surface area contributed by atoms with Crippen LogP contribution in [0.5, 0.6) is 0 Å². The first kappa shape index (κ1) is 8.35. The fourth-order valence-electron chi connectivity index (χ4n) is 1.08. The Morgan fingerprint density at radius 2 is 2.31 bits per heavy atom. The quantitative estimate of drug-likeness (QED) is 0.568. The van der Waals surface area contributed by atoms with E-state index < -0.39 is 0 Å². The highest BCUT2D eigenvalue weighted by Crippen LogP contribution is 2.18. The summed E-state index contributed by atoms with van der Waals surface area (Å²) in [6, 6.07) is 4.50. The van der Waals surface area contributed by atoms with Gasteiger partial charge in [0.25, 0.3) is 0 Å². The minimum atomic E-state index is 0.603. The lowest BCUT2D eigenvalue weighted by atomic mass is 10.3. The zero-order chi connectivity index (χ0) is 9.26. The van der Waals surface area contributed by atoms with Crippen LogP contribution in [0.2, 0.25) is 0 Å². The van der Waals surface area contributed by atoms with Gasteiger partial charge in [0.15, 0.2) is 0 Å². The van der Waals surface area contributed by atoms with Crippen LogP contribution in [0.4, 0.5) is 0 Å². The summed E-state index contributed by atoms with van der Waals surface area (Å²) in [5.74, 6) is 1.78. The summed E-state index contributed by atoms with van der Waals surface area (Å²) in [5.41, 5.74) is 4.01. The monoisotopic (exact) mass is 178 g/mol. The number of furan rings is 1. The van der Waals surface area contributed by atoms with Gasteiger partial charge in [0, 0.05) is 6.04 Å². The maximum atomic E-state index is 5.43. The Morgan fingerprint density at radius 1 is 1.54 bits per heavy atom. The molecule has 1 aliphatic carbocycles. The van der Waals surface area contributed by atoms with Crippen molar-refractivity contribution in [1.82, 2.24) is 5.43 Å². The number of nitrogens with one attached hydrogen (secondary N) is 1. The van der Waals surface area contributed by atoms with Gasteiger partial charge in [0.1, 0.15) is 11.5 Å². The topological polar surface area (TPSA) is 37.5 Å². The molecule has 3 heteroatoms. The third-order valence-electron chi connectivity index (χ3n) is 2.09. The predicted octanol–water partition coefficient (Wildman–Crippen LogP) is 2.06. The molecule has 0 bridgehead atoms. The van der Waals surface area contributed by atoms with Crippen molar-refractivity contribution >= 4 is 5.71 Å². The second-order valence-electron chi connectivity index (χ2n) is 3.51. The first-order valence-electron chi connectivity index (χ1n) is 4.62. The minimum absolute atomic E-state index is 0.603. The van der Waals surface area contributed by atoms with Gasteiger partial charge in [-0.05, 0) is 38.8 Å².